The Bertz CT molecular complexity index is 1160. The number of aliphatic hydroxyl groups excluding tert-OH is 1. The van der Waals surface area contributed by atoms with E-state index in [1.807, 2.05) is 6.07 Å². The Hall–Kier alpha value is -3.56. The fourth-order valence-electron chi connectivity index (χ4n) is 2.93. The van der Waals surface area contributed by atoms with E-state index in [0.717, 1.165) is 6.07 Å². The van der Waals surface area contributed by atoms with E-state index in [2.05, 4.69) is 27.2 Å². The number of aromatic nitrogens is 2. The number of rotatable bonds is 10. The van der Waals surface area contributed by atoms with Crippen LogP contribution < -0.4 is 15.4 Å². The number of nitrogens with one attached hydrogen (secondary N) is 2. The van der Waals surface area contributed by atoms with Gasteiger partial charge in [0.1, 0.15) is 17.3 Å². The number of fused-ring (bicyclic) bond motifs is 1. The lowest BCUT2D eigenvalue weighted by atomic mass is 10.1. The maximum atomic E-state index is 13.4. The molecule has 3 rings (SSSR count). The van der Waals surface area contributed by atoms with Crippen LogP contribution in [0.25, 0.3) is 11.0 Å². The zero-order valence-electron chi connectivity index (χ0n) is 17.5. The van der Waals surface area contributed by atoms with E-state index in [1.54, 1.807) is 18.2 Å². The predicted molar refractivity (Wildman–Crippen MR) is 122 cm³/mol. The average Bonchev–Trinajstić information content (AvgIpc) is 2.82. The molecule has 0 aliphatic carbocycles. The highest BCUT2D eigenvalue weighted by Crippen LogP contribution is 2.20. The maximum absolute atomic E-state index is 13.4. The molecule has 0 fully saturated rings. The van der Waals surface area contributed by atoms with Crippen LogP contribution in [0.1, 0.15) is 16.9 Å². The van der Waals surface area contributed by atoms with Crippen LogP contribution in [-0.4, -0.2) is 52.2 Å². The van der Waals surface area contributed by atoms with Crippen molar-refractivity contribution in [1.29, 1.82) is 0 Å². The maximum Gasteiger partial charge on any atom is 0.271 e. The van der Waals surface area contributed by atoms with Gasteiger partial charge in [0.15, 0.2) is 6.61 Å². The number of carbonyl (C=O) groups is 2. The number of carbonyl (C=O) groups excluding carboxylic acids is 2. The van der Waals surface area contributed by atoms with Gasteiger partial charge in [0.2, 0.25) is 0 Å². The number of amides is 2. The molecule has 1 heterocycles. The highest BCUT2D eigenvalue weighted by Gasteiger charge is 2.19. The Morgan fingerprint density at radius 2 is 2.00 bits per heavy atom. The lowest BCUT2D eigenvalue weighted by Crippen LogP contribution is -2.45. The van der Waals surface area contributed by atoms with Crippen molar-refractivity contribution in [1.82, 2.24) is 20.6 Å². The Morgan fingerprint density at radius 3 is 2.73 bits per heavy atom. The van der Waals surface area contributed by atoms with Gasteiger partial charge in [0.05, 0.1) is 34.4 Å². The molecule has 1 unspecified atom stereocenters. The summed E-state index contributed by atoms with van der Waals surface area (Å²) in [5.74, 6) is -1.49. The summed E-state index contributed by atoms with van der Waals surface area (Å²) >= 11 is 5.60. The second-order valence-corrected chi connectivity index (χ2v) is 7.46. The summed E-state index contributed by atoms with van der Waals surface area (Å²) in [4.78, 5) is 32.9. The van der Waals surface area contributed by atoms with Crippen LogP contribution in [0.3, 0.4) is 0 Å². The second-order valence-electron chi connectivity index (χ2n) is 7.05. The number of halogens is 2. The minimum Gasteiger partial charge on any atom is -0.484 e. The predicted octanol–water partition coefficient (Wildman–Crippen LogP) is 2.65. The van der Waals surface area contributed by atoms with Gasteiger partial charge in [-0.15, -0.1) is 6.58 Å². The van der Waals surface area contributed by atoms with Crippen LogP contribution in [0.4, 0.5) is 4.39 Å². The third-order valence-electron chi connectivity index (χ3n) is 4.66. The van der Waals surface area contributed by atoms with Gasteiger partial charge >= 0.3 is 0 Å². The van der Waals surface area contributed by atoms with Crippen molar-refractivity contribution in [2.24, 2.45) is 0 Å². The van der Waals surface area contributed by atoms with Crippen LogP contribution >= 0.6 is 11.6 Å². The van der Waals surface area contributed by atoms with Gasteiger partial charge in [0.25, 0.3) is 11.8 Å². The van der Waals surface area contributed by atoms with Crippen LogP contribution in [0, 0.1) is 5.82 Å². The number of hydrogen-bond donors (Lipinski definition) is 3. The summed E-state index contributed by atoms with van der Waals surface area (Å²) in [5.41, 5.74) is 1.44. The molecule has 0 saturated carbocycles. The van der Waals surface area contributed by atoms with Crippen molar-refractivity contribution in [2.45, 2.75) is 18.6 Å². The van der Waals surface area contributed by atoms with E-state index in [4.69, 9.17) is 16.3 Å². The Balaban J connectivity index is 1.44. The van der Waals surface area contributed by atoms with Crippen LogP contribution in [0.15, 0.2) is 61.3 Å². The summed E-state index contributed by atoms with van der Waals surface area (Å²) in [6, 6.07) is 10.2. The van der Waals surface area contributed by atoms with E-state index < -0.39 is 36.4 Å². The lowest BCUT2D eigenvalue weighted by molar-refractivity contribution is -0.124. The normalized spacial score (nSPS) is 12.6. The molecular weight excluding hydrogens is 451 g/mol. The molecule has 33 heavy (non-hydrogen) atoms. The lowest BCUT2D eigenvalue weighted by Gasteiger charge is -2.21. The van der Waals surface area contributed by atoms with Crippen molar-refractivity contribution in [2.75, 3.05) is 13.2 Å². The number of para-hydroxylation sites is 2. The Kier molecular flexibility index (Phi) is 8.28. The molecule has 172 valence electrons. The van der Waals surface area contributed by atoms with Crippen LogP contribution in [0.2, 0.25) is 5.02 Å². The number of hydrogen-bond acceptors (Lipinski definition) is 6. The van der Waals surface area contributed by atoms with E-state index in [0.29, 0.717) is 11.0 Å². The summed E-state index contributed by atoms with van der Waals surface area (Å²) in [7, 11) is 0. The first kappa shape index (κ1) is 24.1. The van der Waals surface area contributed by atoms with Gasteiger partial charge in [-0.25, -0.2) is 9.37 Å². The van der Waals surface area contributed by atoms with Gasteiger partial charge in [-0.1, -0.05) is 29.8 Å². The molecule has 2 atom stereocenters. The minimum atomic E-state index is -1.01. The van der Waals surface area contributed by atoms with Crippen molar-refractivity contribution in [3.8, 4) is 5.75 Å². The standard InChI is InChI=1S/C23H22ClFN4O4/c1-2-17(29-22(31)13-33-14-7-8-15(24)16(25)11-14)21(30)9-10-26-23(32)20-12-27-18-5-3-4-6-19(18)28-20/h2-8,11-12,17,21,30H,1,9-10,13H2,(H,26,32)(H,29,31)/t17?,21-/m0/s1. The fourth-order valence-corrected chi connectivity index (χ4v) is 3.04. The molecule has 3 aromatic rings. The summed E-state index contributed by atoms with van der Waals surface area (Å²) in [6.45, 7) is 3.35. The first-order valence-electron chi connectivity index (χ1n) is 10.0. The van der Waals surface area contributed by atoms with Crippen molar-refractivity contribution in [3.63, 3.8) is 0 Å². The molecule has 0 radical (unpaired) electrons. The van der Waals surface area contributed by atoms with Crippen molar-refractivity contribution < 1.29 is 23.8 Å². The molecule has 0 spiro atoms. The molecule has 0 aliphatic heterocycles. The minimum absolute atomic E-state index is 0.0543. The van der Waals surface area contributed by atoms with Gasteiger partial charge in [-0.05, 0) is 30.7 Å². The SMILES string of the molecule is C=CC(NC(=O)COc1ccc(Cl)c(F)c1)[C@@H](O)CCNC(=O)c1cnc2ccccc2n1. The summed E-state index contributed by atoms with van der Waals surface area (Å²) in [6.07, 6.45) is 1.89. The molecule has 2 amide bonds. The molecule has 3 N–H and O–H groups in total. The van der Waals surface area contributed by atoms with E-state index in [9.17, 15) is 19.1 Å². The molecule has 0 aliphatic rings. The Morgan fingerprint density at radius 1 is 1.24 bits per heavy atom. The molecular formula is C23H22ClFN4O4. The number of nitrogens with zero attached hydrogens (tertiary/aromatic N) is 2. The van der Waals surface area contributed by atoms with Gasteiger partial charge in [0, 0.05) is 12.6 Å². The number of benzene rings is 2. The van der Waals surface area contributed by atoms with Crippen LogP contribution in [-0.2, 0) is 4.79 Å². The summed E-state index contributed by atoms with van der Waals surface area (Å²) in [5, 5.41) is 15.5. The number of aliphatic hydroxyl groups is 1. The third-order valence-corrected chi connectivity index (χ3v) is 4.97. The van der Waals surface area contributed by atoms with E-state index >= 15 is 0 Å². The second kappa shape index (κ2) is 11.3. The van der Waals surface area contributed by atoms with E-state index in [-0.39, 0.29) is 29.4 Å². The largest absolute Gasteiger partial charge is 0.484 e. The van der Waals surface area contributed by atoms with E-state index in [1.165, 1.54) is 24.4 Å². The number of ether oxygens (including phenoxy) is 1. The first-order valence-corrected chi connectivity index (χ1v) is 10.4. The fraction of sp³-hybridized carbons (Fsp3) is 0.217. The topological polar surface area (TPSA) is 113 Å². The monoisotopic (exact) mass is 472 g/mol. The molecule has 0 bridgehead atoms. The molecule has 8 nitrogen and oxygen atoms in total. The van der Waals surface area contributed by atoms with Crippen LogP contribution in [0.5, 0.6) is 5.75 Å². The average molecular weight is 473 g/mol. The quantitative estimate of drug-likeness (QED) is 0.391. The molecule has 10 heteroatoms. The van der Waals surface area contributed by atoms with Gasteiger partial charge in [-0.3, -0.25) is 14.6 Å². The Labute approximate surface area is 194 Å². The van der Waals surface area contributed by atoms with Gasteiger partial charge in [-0.2, -0.15) is 0 Å². The van der Waals surface area contributed by atoms with Crippen molar-refractivity contribution in [3.05, 3.63) is 77.9 Å². The highest BCUT2D eigenvalue weighted by molar-refractivity contribution is 6.30. The molecule has 2 aromatic carbocycles. The third kappa shape index (κ3) is 6.71. The molecule has 0 saturated heterocycles. The van der Waals surface area contributed by atoms with Crippen molar-refractivity contribution >= 4 is 34.4 Å². The first-order chi connectivity index (χ1) is 15.9. The van der Waals surface area contributed by atoms with Gasteiger partial charge < -0.3 is 20.5 Å². The zero-order chi connectivity index (χ0) is 23.8. The summed E-state index contributed by atoms with van der Waals surface area (Å²) < 4.78 is 18.7. The zero-order valence-corrected chi connectivity index (χ0v) is 18.3. The molecule has 1 aromatic heterocycles. The highest BCUT2D eigenvalue weighted by atomic mass is 35.5. The smallest absolute Gasteiger partial charge is 0.271 e.